The minimum absolute atomic E-state index is 0.0460. The second-order valence-electron chi connectivity index (χ2n) is 11.3. The second kappa shape index (κ2) is 14.4. The normalized spacial score (nSPS) is 15.8. The maximum absolute atomic E-state index is 13.8. The van der Waals surface area contributed by atoms with Crippen molar-refractivity contribution in [2.75, 3.05) is 40.3 Å². The number of para-hydroxylation sites is 1. The van der Waals surface area contributed by atoms with Crippen LogP contribution in [-0.4, -0.2) is 80.6 Å². The number of pyridine rings is 1. The molecule has 1 fully saturated rings. The molecule has 0 spiro atoms. The van der Waals surface area contributed by atoms with E-state index in [0.29, 0.717) is 62.2 Å². The van der Waals surface area contributed by atoms with Gasteiger partial charge in [0, 0.05) is 34.8 Å². The van der Waals surface area contributed by atoms with Gasteiger partial charge in [-0.05, 0) is 63.8 Å². The molecule has 0 aliphatic carbocycles. The van der Waals surface area contributed by atoms with Crippen molar-refractivity contribution in [2.45, 2.75) is 57.1 Å². The number of sulfonamides is 1. The average Bonchev–Trinajstić information content (AvgIpc) is 3.48. The lowest BCUT2D eigenvalue weighted by molar-refractivity contribution is -0.817. The van der Waals surface area contributed by atoms with Gasteiger partial charge in [0.25, 0.3) is 0 Å². The first-order valence-electron chi connectivity index (χ1n) is 14.6. The summed E-state index contributed by atoms with van der Waals surface area (Å²) in [7, 11) is -0.582. The molecule has 1 aliphatic heterocycles. The summed E-state index contributed by atoms with van der Waals surface area (Å²) in [5.41, 5.74) is 1.83. The Kier molecular flexibility index (Phi) is 11.1. The fourth-order valence-corrected chi connectivity index (χ4v) is 7.68. The molecule has 3 aromatic rings. The number of nitrogens with one attached hydrogen (secondary N) is 1. The standard InChI is InChI=1S/C31H38Cl2N4O6S/c1-5-42-31(39)37(3,4)19-7-6-17-34-30(38)25-11-9-18-36(25)44(40,41)27-16-15-24(32)23(28(27)33)20-43-26-12-8-10-22-14-13-21(2)35-29(22)26/h8,10,12-16,25H,5-7,9,11,17-20H2,1-4H3/p+1/t25-/m0/s1. The zero-order valence-electron chi connectivity index (χ0n) is 25.4. The Morgan fingerprint density at radius 1 is 1.11 bits per heavy atom. The van der Waals surface area contributed by atoms with Crippen LogP contribution in [0.15, 0.2) is 47.4 Å². The molecule has 1 N–H and O–H groups in total. The van der Waals surface area contributed by atoms with Crippen molar-refractivity contribution < 1.29 is 32.0 Å². The fourth-order valence-electron chi connectivity index (χ4n) is 5.16. The van der Waals surface area contributed by atoms with E-state index < -0.39 is 16.1 Å². The number of quaternary nitrogens is 1. The molecule has 1 atom stereocenters. The third kappa shape index (κ3) is 7.63. The molecule has 0 saturated carbocycles. The van der Waals surface area contributed by atoms with E-state index in [-0.39, 0.29) is 44.6 Å². The predicted molar refractivity (Wildman–Crippen MR) is 170 cm³/mol. The van der Waals surface area contributed by atoms with Crippen molar-refractivity contribution in [1.29, 1.82) is 0 Å². The number of benzene rings is 2. The first-order chi connectivity index (χ1) is 20.9. The largest absolute Gasteiger partial charge is 0.515 e. The molecule has 238 valence electrons. The number of carbonyl (C=O) groups is 2. The molecule has 2 heterocycles. The Morgan fingerprint density at radius 2 is 1.89 bits per heavy atom. The number of hydrogen-bond donors (Lipinski definition) is 1. The van der Waals surface area contributed by atoms with Crippen LogP contribution in [0.2, 0.25) is 10.0 Å². The molecule has 1 aliphatic rings. The number of amides is 2. The van der Waals surface area contributed by atoms with Crippen LogP contribution < -0.4 is 10.1 Å². The van der Waals surface area contributed by atoms with Crippen molar-refractivity contribution in [3.63, 3.8) is 0 Å². The van der Waals surface area contributed by atoms with Crippen molar-refractivity contribution in [3.05, 3.63) is 63.8 Å². The third-order valence-corrected chi connectivity index (χ3v) is 10.5. The van der Waals surface area contributed by atoms with Gasteiger partial charge in [-0.15, -0.1) is 0 Å². The van der Waals surface area contributed by atoms with E-state index in [1.165, 1.54) is 16.4 Å². The van der Waals surface area contributed by atoms with Gasteiger partial charge in [-0.2, -0.15) is 9.10 Å². The molecule has 0 bridgehead atoms. The maximum atomic E-state index is 13.8. The van der Waals surface area contributed by atoms with Gasteiger partial charge in [0.15, 0.2) is 0 Å². The number of aromatic nitrogens is 1. The molecule has 2 amide bonds. The van der Waals surface area contributed by atoms with Gasteiger partial charge < -0.3 is 14.8 Å². The van der Waals surface area contributed by atoms with Crippen LogP contribution >= 0.6 is 23.2 Å². The Bertz CT molecular complexity index is 1630. The maximum Gasteiger partial charge on any atom is 0.515 e. The van der Waals surface area contributed by atoms with E-state index in [1.54, 1.807) is 27.1 Å². The smallest absolute Gasteiger partial charge is 0.487 e. The van der Waals surface area contributed by atoms with Crippen LogP contribution in [0.5, 0.6) is 5.75 Å². The topological polar surface area (TPSA) is 115 Å². The van der Waals surface area contributed by atoms with Crippen molar-refractivity contribution in [3.8, 4) is 5.75 Å². The molecule has 2 aromatic carbocycles. The van der Waals surface area contributed by atoms with Crippen LogP contribution in [0.3, 0.4) is 0 Å². The number of nitrogens with zero attached hydrogens (tertiary/aromatic N) is 3. The quantitative estimate of drug-likeness (QED) is 0.195. The van der Waals surface area contributed by atoms with Crippen LogP contribution in [0, 0.1) is 6.92 Å². The van der Waals surface area contributed by atoms with Crippen LogP contribution in [0.25, 0.3) is 10.9 Å². The van der Waals surface area contributed by atoms with Crippen molar-refractivity contribution in [2.24, 2.45) is 0 Å². The number of ether oxygens (including phenoxy) is 2. The third-order valence-electron chi connectivity index (χ3n) is 7.64. The summed E-state index contributed by atoms with van der Waals surface area (Å²) in [6.45, 7) is 4.99. The summed E-state index contributed by atoms with van der Waals surface area (Å²) in [6, 6.07) is 11.4. The highest BCUT2D eigenvalue weighted by Crippen LogP contribution is 2.36. The van der Waals surface area contributed by atoms with Crippen LogP contribution in [-0.2, 0) is 26.2 Å². The van der Waals surface area contributed by atoms with Gasteiger partial charge >= 0.3 is 6.09 Å². The number of fused-ring (bicyclic) bond motifs is 1. The lowest BCUT2D eigenvalue weighted by Crippen LogP contribution is -2.47. The minimum atomic E-state index is -4.14. The number of hydrogen-bond acceptors (Lipinski definition) is 7. The van der Waals surface area contributed by atoms with E-state index in [9.17, 15) is 18.0 Å². The first-order valence-corrected chi connectivity index (χ1v) is 16.8. The summed E-state index contributed by atoms with van der Waals surface area (Å²) < 4.78 is 40.1. The predicted octanol–water partition coefficient (Wildman–Crippen LogP) is 5.71. The molecule has 4 rings (SSSR count). The highest BCUT2D eigenvalue weighted by molar-refractivity contribution is 7.89. The minimum Gasteiger partial charge on any atom is -0.487 e. The summed E-state index contributed by atoms with van der Waals surface area (Å²) in [5.74, 6) is 0.156. The van der Waals surface area contributed by atoms with Gasteiger partial charge in [-0.3, -0.25) is 4.79 Å². The number of aryl methyl sites for hydroxylation is 1. The lowest BCUT2D eigenvalue weighted by Gasteiger charge is -2.25. The Hall–Kier alpha value is -2.96. The van der Waals surface area contributed by atoms with Crippen LogP contribution in [0.4, 0.5) is 4.79 Å². The average molecular weight is 667 g/mol. The first kappa shape index (κ1) is 33.9. The molecule has 44 heavy (non-hydrogen) atoms. The van der Waals surface area contributed by atoms with E-state index in [2.05, 4.69) is 10.3 Å². The highest BCUT2D eigenvalue weighted by atomic mass is 35.5. The van der Waals surface area contributed by atoms with Gasteiger partial charge in [0.1, 0.15) is 28.8 Å². The van der Waals surface area contributed by atoms with Gasteiger partial charge in [0.05, 0.1) is 32.3 Å². The number of rotatable bonds is 12. The number of carbonyl (C=O) groups excluding carboxylic acids is 2. The molecule has 13 heteroatoms. The number of unbranched alkanes of at least 4 members (excludes halogenated alkanes) is 1. The molecule has 1 aromatic heterocycles. The monoisotopic (exact) mass is 665 g/mol. The Labute approximate surface area is 268 Å². The molecule has 10 nitrogen and oxygen atoms in total. The van der Waals surface area contributed by atoms with Gasteiger partial charge in [0.2, 0.25) is 15.9 Å². The van der Waals surface area contributed by atoms with E-state index in [1.807, 2.05) is 31.2 Å². The van der Waals surface area contributed by atoms with E-state index in [0.717, 1.165) is 11.1 Å². The zero-order valence-corrected chi connectivity index (χ0v) is 27.8. The molecule has 0 radical (unpaired) electrons. The van der Waals surface area contributed by atoms with Crippen molar-refractivity contribution >= 4 is 56.1 Å². The Balaban J connectivity index is 1.43. The highest BCUT2D eigenvalue weighted by Gasteiger charge is 2.40. The van der Waals surface area contributed by atoms with Crippen LogP contribution in [0.1, 0.15) is 43.9 Å². The lowest BCUT2D eigenvalue weighted by atomic mass is 10.2. The summed E-state index contributed by atoms with van der Waals surface area (Å²) >= 11 is 13.2. The fraction of sp³-hybridized carbons (Fsp3) is 0.452. The SMILES string of the molecule is CCOC(=O)[N+](C)(C)CCCCNC(=O)[C@@H]1CCCN1S(=O)(=O)c1ccc(Cl)c(COc2cccc3ccc(C)nc23)c1Cl. The van der Waals surface area contributed by atoms with E-state index in [4.69, 9.17) is 32.7 Å². The molecular weight excluding hydrogens is 627 g/mol. The van der Waals surface area contributed by atoms with Gasteiger partial charge in [-0.1, -0.05) is 41.4 Å². The summed E-state index contributed by atoms with van der Waals surface area (Å²) in [4.78, 5) is 29.6. The summed E-state index contributed by atoms with van der Waals surface area (Å²) in [5, 5.41) is 3.98. The zero-order chi connectivity index (χ0) is 32.1. The van der Waals surface area contributed by atoms with Crippen molar-refractivity contribution in [1.82, 2.24) is 14.6 Å². The molecule has 0 unspecified atom stereocenters. The molecular formula is C31H39Cl2N4O6S+. The van der Waals surface area contributed by atoms with E-state index >= 15 is 0 Å². The Morgan fingerprint density at radius 3 is 2.64 bits per heavy atom. The summed E-state index contributed by atoms with van der Waals surface area (Å²) in [6.07, 6.45) is 1.94. The molecule has 1 saturated heterocycles. The number of halogens is 2. The van der Waals surface area contributed by atoms with Gasteiger partial charge in [-0.25, -0.2) is 17.9 Å². The second-order valence-corrected chi connectivity index (χ2v) is 13.9.